The quantitative estimate of drug-likeness (QED) is 0.889. The van der Waals surface area contributed by atoms with Crippen molar-refractivity contribution in [3.8, 4) is 5.88 Å². The third-order valence-electron chi connectivity index (χ3n) is 3.91. The van der Waals surface area contributed by atoms with Gasteiger partial charge in [0, 0.05) is 31.6 Å². The van der Waals surface area contributed by atoms with Gasteiger partial charge in [0.25, 0.3) is 0 Å². The molecular weight excluding hydrogens is 278 g/mol. The Morgan fingerprint density at radius 1 is 1.23 bits per heavy atom. The number of nitrogens with one attached hydrogen (secondary N) is 1. The second-order valence-electron chi connectivity index (χ2n) is 5.47. The molecule has 3 rings (SSSR count). The Balaban J connectivity index is 1.79. The van der Waals surface area contributed by atoms with E-state index < -0.39 is 0 Å². The van der Waals surface area contributed by atoms with Crippen molar-refractivity contribution in [3.63, 3.8) is 0 Å². The second-order valence-corrected chi connectivity index (χ2v) is 5.47. The summed E-state index contributed by atoms with van der Waals surface area (Å²) in [4.78, 5) is 2.39. The van der Waals surface area contributed by atoms with Crippen LogP contribution in [0, 0.1) is 0 Å². The molecule has 1 aliphatic heterocycles. The molecule has 1 aromatic carbocycles. The van der Waals surface area contributed by atoms with Crippen LogP contribution in [0.1, 0.15) is 23.7 Å². The zero-order valence-corrected chi connectivity index (χ0v) is 13.0. The van der Waals surface area contributed by atoms with Gasteiger partial charge < -0.3 is 9.47 Å². The normalized spacial score (nSPS) is 15.9. The highest BCUT2D eigenvalue weighted by Gasteiger charge is 2.18. The molecule has 1 fully saturated rings. The number of aromatic amines is 1. The number of morpholine rings is 1. The minimum absolute atomic E-state index is 0.629. The fraction of sp³-hybridized carbons (Fsp3) is 0.471. The van der Waals surface area contributed by atoms with Crippen LogP contribution in [0.3, 0.4) is 0 Å². The molecule has 1 N–H and O–H groups in total. The first-order chi connectivity index (χ1) is 10.9. The fourth-order valence-electron chi connectivity index (χ4n) is 2.73. The molecule has 22 heavy (non-hydrogen) atoms. The lowest BCUT2D eigenvalue weighted by Crippen LogP contribution is -2.36. The minimum atomic E-state index is 0.629. The van der Waals surface area contributed by atoms with E-state index in [2.05, 4.69) is 39.4 Å². The number of aromatic nitrogens is 2. The van der Waals surface area contributed by atoms with Gasteiger partial charge in [0.15, 0.2) is 0 Å². The van der Waals surface area contributed by atoms with Crippen LogP contribution in [-0.4, -0.2) is 48.0 Å². The maximum Gasteiger partial charge on any atom is 0.236 e. The van der Waals surface area contributed by atoms with E-state index in [9.17, 15) is 0 Å². The minimum Gasteiger partial charge on any atom is -0.477 e. The topological polar surface area (TPSA) is 50.4 Å². The number of nitrogens with zero attached hydrogens (tertiary/aromatic N) is 2. The first kappa shape index (κ1) is 15.1. The van der Waals surface area contributed by atoms with Crippen LogP contribution >= 0.6 is 0 Å². The molecule has 2 heterocycles. The van der Waals surface area contributed by atoms with E-state index in [4.69, 9.17) is 9.47 Å². The van der Waals surface area contributed by atoms with Crippen LogP contribution in [0.2, 0.25) is 0 Å². The Morgan fingerprint density at radius 2 is 2.00 bits per heavy atom. The molecule has 0 saturated carbocycles. The summed E-state index contributed by atoms with van der Waals surface area (Å²) in [5.74, 6) is 0.731. The first-order valence-electron chi connectivity index (χ1n) is 7.89. The highest BCUT2D eigenvalue weighted by molar-refractivity contribution is 5.36. The standard InChI is InChI=1S/C17H23N3O2/c1-2-22-17-15(12-14-6-4-3-5-7-14)16(18-19-17)13-20-8-10-21-11-9-20/h3-7H,2,8-13H2,1H3,(H,18,19). The van der Waals surface area contributed by atoms with Gasteiger partial charge in [0.2, 0.25) is 5.88 Å². The Labute approximate surface area is 131 Å². The molecule has 0 spiro atoms. The molecule has 0 aliphatic carbocycles. The molecule has 1 saturated heterocycles. The second kappa shape index (κ2) is 7.42. The predicted molar refractivity (Wildman–Crippen MR) is 85.1 cm³/mol. The summed E-state index contributed by atoms with van der Waals surface area (Å²) in [5.41, 5.74) is 3.59. The van der Waals surface area contributed by atoms with Crippen molar-refractivity contribution in [2.45, 2.75) is 19.9 Å². The lowest BCUT2D eigenvalue weighted by atomic mass is 10.0. The maximum atomic E-state index is 5.69. The van der Waals surface area contributed by atoms with Crippen LogP contribution in [0.25, 0.3) is 0 Å². The molecule has 5 heteroatoms. The van der Waals surface area contributed by atoms with Crippen molar-refractivity contribution in [2.24, 2.45) is 0 Å². The zero-order chi connectivity index (χ0) is 15.2. The molecule has 5 nitrogen and oxygen atoms in total. The molecule has 0 bridgehead atoms. The van der Waals surface area contributed by atoms with Crippen LogP contribution in [0.15, 0.2) is 30.3 Å². The van der Waals surface area contributed by atoms with Crippen molar-refractivity contribution in [1.82, 2.24) is 15.1 Å². The molecule has 0 radical (unpaired) electrons. The van der Waals surface area contributed by atoms with Gasteiger partial charge in [-0.25, -0.2) is 0 Å². The van der Waals surface area contributed by atoms with Gasteiger partial charge >= 0.3 is 0 Å². The number of hydrogen-bond donors (Lipinski definition) is 1. The Bertz CT molecular complexity index is 577. The average Bonchev–Trinajstić information content (AvgIpc) is 2.92. The van der Waals surface area contributed by atoms with Crippen molar-refractivity contribution in [3.05, 3.63) is 47.2 Å². The Kier molecular flexibility index (Phi) is 5.08. The number of ether oxygens (including phenoxy) is 2. The largest absolute Gasteiger partial charge is 0.477 e. The summed E-state index contributed by atoms with van der Waals surface area (Å²) in [5, 5.41) is 7.53. The zero-order valence-electron chi connectivity index (χ0n) is 13.0. The molecular formula is C17H23N3O2. The number of benzene rings is 1. The van der Waals surface area contributed by atoms with Gasteiger partial charge in [-0.15, -0.1) is 5.10 Å². The fourth-order valence-corrected chi connectivity index (χ4v) is 2.73. The summed E-state index contributed by atoms with van der Waals surface area (Å²) < 4.78 is 11.1. The van der Waals surface area contributed by atoms with Crippen molar-refractivity contribution in [2.75, 3.05) is 32.9 Å². The lowest BCUT2D eigenvalue weighted by molar-refractivity contribution is 0.0335. The third kappa shape index (κ3) is 3.67. The van der Waals surface area contributed by atoms with Gasteiger partial charge in [-0.05, 0) is 12.5 Å². The Morgan fingerprint density at radius 3 is 2.73 bits per heavy atom. The molecule has 0 unspecified atom stereocenters. The van der Waals surface area contributed by atoms with Gasteiger partial charge in [0.1, 0.15) is 0 Å². The van der Waals surface area contributed by atoms with E-state index in [0.29, 0.717) is 6.61 Å². The van der Waals surface area contributed by atoms with Crippen molar-refractivity contribution >= 4 is 0 Å². The molecule has 1 aromatic heterocycles. The molecule has 0 amide bonds. The number of rotatable bonds is 6. The van der Waals surface area contributed by atoms with E-state index in [1.54, 1.807) is 0 Å². The summed E-state index contributed by atoms with van der Waals surface area (Å²) in [7, 11) is 0. The lowest BCUT2D eigenvalue weighted by Gasteiger charge is -2.26. The van der Waals surface area contributed by atoms with E-state index >= 15 is 0 Å². The molecule has 2 aromatic rings. The first-order valence-corrected chi connectivity index (χ1v) is 7.89. The van der Waals surface area contributed by atoms with Crippen molar-refractivity contribution < 1.29 is 9.47 Å². The van der Waals surface area contributed by atoms with Crippen LogP contribution in [0.4, 0.5) is 0 Å². The predicted octanol–water partition coefficient (Wildman–Crippen LogP) is 2.23. The summed E-state index contributed by atoms with van der Waals surface area (Å²) in [6.07, 6.45) is 0.840. The van der Waals surface area contributed by atoms with Crippen LogP contribution < -0.4 is 4.74 Å². The van der Waals surface area contributed by atoms with Crippen LogP contribution in [-0.2, 0) is 17.7 Å². The summed E-state index contributed by atoms with van der Waals surface area (Å²) in [6, 6.07) is 10.5. The highest BCUT2D eigenvalue weighted by atomic mass is 16.5. The van der Waals surface area contributed by atoms with Crippen molar-refractivity contribution in [1.29, 1.82) is 0 Å². The Hall–Kier alpha value is -1.85. The van der Waals surface area contributed by atoms with Gasteiger partial charge in [-0.3, -0.25) is 10.00 Å². The van der Waals surface area contributed by atoms with E-state index in [-0.39, 0.29) is 0 Å². The molecule has 118 valence electrons. The van der Waals surface area contributed by atoms with Gasteiger partial charge in [-0.1, -0.05) is 30.3 Å². The maximum absolute atomic E-state index is 5.69. The monoisotopic (exact) mass is 301 g/mol. The van der Waals surface area contributed by atoms with E-state index in [1.165, 1.54) is 11.1 Å². The molecule has 0 atom stereocenters. The van der Waals surface area contributed by atoms with E-state index in [0.717, 1.165) is 50.8 Å². The SMILES string of the molecule is CCOc1n[nH]c(CN2CCOCC2)c1Cc1ccccc1. The average molecular weight is 301 g/mol. The van der Waals surface area contributed by atoms with Gasteiger partial charge in [-0.2, -0.15) is 0 Å². The van der Waals surface area contributed by atoms with Crippen LogP contribution in [0.5, 0.6) is 5.88 Å². The number of hydrogen-bond acceptors (Lipinski definition) is 4. The third-order valence-corrected chi connectivity index (χ3v) is 3.91. The smallest absolute Gasteiger partial charge is 0.236 e. The van der Waals surface area contributed by atoms with Gasteiger partial charge in [0.05, 0.1) is 25.5 Å². The summed E-state index contributed by atoms with van der Waals surface area (Å²) in [6.45, 7) is 7.03. The summed E-state index contributed by atoms with van der Waals surface area (Å²) >= 11 is 0. The molecule has 1 aliphatic rings. The highest BCUT2D eigenvalue weighted by Crippen LogP contribution is 2.24. The number of H-pyrrole nitrogens is 1. The van der Waals surface area contributed by atoms with E-state index in [1.807, 2.05) is 13.0 Å².